The second-order valence-corrected chi connectivity index (χ2v) is 11.2. The Morgan fingerprint density at radius 1 is 1.26 bits per heavy atom. The van der Waals surface area contributed by atoms with Crippen LogP contribution in [0.15, 0.2) is 49.3 Å². The second kappa shape index (κ2) is 10.6. The van der Waals surface area contributed by atoms with Gasteiger partial charge in [0.2, 0.25) is 10.0 Å². The first-order chi connectivity index (χ1) is 15.9. The Balaban J connectivity index is 1.81. The van der Waals surface area contributed by atoms with Crippen molar-refractivity contribution in [1.82, 2.24) is 10.0 Å². The monoisotopic (exact) mass is 619 g/mol. The predicted octanol–water partition coefficient (Wildman–Crippen LogP) is 3.91. The van der Waals surface area contributed by atoms with Gasteiger partial charge >= 0.3 is 5.97 Å². The van der Waals surface area contributed by atoms with Crippen LogP contribution in [0.2, 0.25) is 0 Å². The van der Waals surface area contributed by atoms with E-state index in [9.17, 15) is 23.4 Å². The number of benzene rings is 2. The summed E-state index contributed by atoms with van der Waals surface area (Å²) >= 11 is 6.82. The number of hydrogen-bond acceptors (Lipinski definition) is 8. The van der Waals surface area contributed by atoms with E-state index in [4.69, 9.17) is 9.57 Å². The highest BCUT2D eigenvalue weighted by molar-refractivity contribution is 9.11. The van der Waals surface area contributed by atoms with Crippen LogP contribution in [-0.2, 0) is 19.7 Å². The van der Waals surface area contributed by atoms with Gasteiger partial charge in [-0.3, -0.25) is 5.32 Å². The molecule has 0 unspecified atom stereocenters. The Bertz CT molecular complexity index is 1190. The maximum absolute atomic E-state index is 12.5. The number of nitrogens with one attached hydrogen (secondary N) is 2. The average Bonchev–Trinajstić information content (AvgIpc) is 3.21. The molecule has 1 atom stereocenters. The number of nitrogens with zero attached hydrogens (tertiary/aromatic N) is 1. The zero-order chi connectivity index (χ0) is 25.1. The van der Waals surface area contributed by atoms with Gasteiger partial charge in [0.05, 0.1) is 15.2 Å². The van der Waals surface area contributed by atoms with Gasteiger partial charge in [-0.15, -0.1) is 0 Å². The second-order valence-electron chi connectivity index (χ2n) is 7.81. The molecule has 1 aliphatic rings. The van der Waals surface area contributed by atoms with Crippen LogP contribution in [-0.4, -0.2) is 49.1 Å². The number of hydrogen-bond donors (Lipinski definition) is 4. The molecule has 1 saturated heterocycles. The summed E-state index contributed by atoms with van der Waals surface area (Å²) in [6, 6.07) is 6.88. The standard InChI is InChI=1S/C21H23Br2N3O7S/c1-12(2)26-34(30,31)18-10-14(4-5-17(18)27)32-19-15(22)8-13(9-16(19)23)11-25-33-21(20(28)29)6-3-7-24-21/h4-5,8-12,24,26-27H,3,6-7H2,1-2H3,(H,28,29)/t21-/m1/s1. The first-order valence-corrected chi connectivity index (χ1v) is 13.2. The Hall–Kier alpha value is -2.19. The van der Waals surface area contributed by atoms with Gasteiger partial charge in [0.1, 0.15) is 16.4 Å². The SMILES string of the molecule is CC(C)NS(=O)(=O)c1cc(Oc2c(Br)cc(C=NO[C@@]3(C(=O)O)CCCN3)cc2Br)ccc1O. The largest absolute Gasteiger partial charge is 0.507 e. The molecule has 0 spiro atoms. The van der Waals surface area contributed by atoms with Gasteiger partial charge in [0.25, 0.3) is 5.72 Å². The van der Waals surface area contributed by atoms with Gasteiger partial charge in [-0.1, -0.05) is 5.16 Å². The highest BCUT2D eigenvalue weighted by atomic mass is 79.9. The van der Waals surface area contributed by atoms with Crippen LogP contribution in [0.4, 0.5) is 0 Å². The molecule has 2 aromatic rings. The zero-order valence-electron chi connectivity index (χ0n) is 18.2. The maximum Gasteiger partial charge on any atom is 0.366 e. The summed E-state index contributed by atoms with van der Waals surface area (Å²) in [6.45, 7) is 3.87. The fourth-order valence-corrected chi connectivity index (χ4v) is 5.96. The molecule has 0 aliphatic carbocycles. The Labute approximate surface area is 213 Å². The third-order valence-corrected chi connectivity index (χ3v) is 7.59. The summed E-state index contributed by atoms with van der Waals surface area (Å²) in [6.07, 6.45) is 2.34. The summed E-state index contributed by atoms with van der Waals surface area (Å²) < 4.78 is 34.3. The van der Waals surface area contributed by atoms with Crippen molar-refractivity contribution in [3.8, 4) is 17.2 Å². The van der Waals surface area contributed by atoms with Crippen molar-refractivity contribution >= 4 is 54.1 Å². The molecule has 1 fully saturated rings. The van der Waals surface area contributed by atoms with Crippen molar-refractivity contribution in [2.24, 2.45) is 5.16 Å². The summed E-state index contributed by atoms with van der Waals surface area (Å²) in [7, 11) is -3.94. The van der Waals surface area contributed by atoms with E-state index in [-0.39, 0.29) is 16.7 Å². The third kappa shape index (κ3) is 6.08. The van der Waals surface area contributed by atoms with Crippen molar-refractivity contribution in [3.05, 3.63) is 44.8 Å². The number of carbonyl (C=O) groups is 1. The minimum absolute atomic E-state index is 0.184. The molecule has 4 N–H and O–H groups in total. The van der Waals surface area contributed by atoms with Gasteiger partial charge in [0, 0.05) is 18.5 Å². The van der Waals surface area contributed by atoms with Gasteiger partial charge in [0.15, 0.2) is 5.75 Å². The Morgan fingerprint density at radius 3 is 2.50 bits per heavy atom. The number of oxime groups is 1. The number of phenolic OH excluding ortho intramolecular Hbond substituents is 1. The third-order valence-electron chi connectivity index (χ3n) is 4.72. The number of phenols is 1. The first kappa shape index (κ1) is 26.4. The minimum Gasteiger partial charge on any atom is -0.507 e. The lowest BCUT2D eigenvalue weighted by atomic mass is 10.2. The summed E-state index contributed by atoms with van der Waals surface area (Å²) in [4.78, 5) is 16.5. The molecule has 34 heavy (non-hydrogen) atoms. The number of aromatic hydroxyl groups is 1. The van der Waals surface area contributed by atoms with Crippen LogP contribution in [0.1, 0.15) is 32.3 Å². The lowest BCUT2D eigenvalue weighted by Crippen LogP contribution is -2.48. The fourth-order valence-electron chi connectivity index (χ4n) is 3.21. The van der Waals surface area contributed by atoms with Crippen LogP contribution in [0, 0.1) is 0 Å². The molecule has 3 rings (SSSR count). The molecule has 0 radical (unpaired) electrons. The highest BCUT2D eigenvalue weighted by Gasteiger charge is 2.44. The molecular weight excluding hydrogens is 598 g/mol. The van der Waals surface area contributed by atoms with Crippen LogP contribution >= 0.6 is 31.9 Å². The molecule has 0 saturated carbocycles. The van der Waals surface area contributed by atoms with E-state index >= 15 is 0 Å². The Morgan fingerprint density at radius 2 is 1.94 bits per heavy atom. The van der Waals surface area contributed by atoms with Crippen molar-refractivity contribution < 1.29 is 33.0 Å². The number of carboxylic acids is 1. The average molecular weight is 621 g/mol. The molecule has 0 bridgehead atoms. The van der Waals surface area contributed by atoms with E-state index in [0.29, 0.717) is 39.6 Å². The van der Waals surface area contributed by atoms with Gasteiger partial charge in [-0.2, -0.15) is 0 Å². The zero-order valence-corrected chi connectivity index (χ0v) is 22.2. The van der Waals surface area contributed by atoms with E-state index in [1.807, 2.05) is 0 Å². The normalized spacial score (nSPS) is 18.5. The molecule has 1 aliphatic heterocycles. The summed E-state index contributed by atoms with van der Waals surface area (Å²) in [5.41, 5.74) is -0.949. The van der Waals surface area contributed by atoms with Crippen LogP contribution < -0.4 is 14.8 Å². The number of rotatable bonds is 9. The van der Waals surface area contributed by atoms with Gasteiger partial charge < -0.3 is 19.8 Å². The molecule has 2 aromatic carbocycles. The fraction of sp³-hybridized carbons (Fsp3) is 0.333. The molecule has 13 heteroatoms. The maximum atomic E-state index is 12.5. The quantitative estimate of drug-likeness (QED) is 0.244. The van der Waals surface area contributed by atoms with Crippen molar-refractivity contribution in [1.29, 1.82) is 0 Å². The van der Waals surface area contributed by atoms with E-state index in [2.05, 4.69) is 47.1 Å². The number of ether oxygens (including phenoxy) is 1. The van der Waals surface area contributed by atoms with Crippen LogP contribution in [0.25, 0.3) is 0 Å². The highest BCUT2D eigenvalue weighted by Crippen LogP contribution is 2.39. The summed E-state index contributed by atoms with van der Waals surface area (Å²) in [5, 5.41) is 26.1. The topological polar surface area (TPSA) is 147 Å². The van der Waals surface area contributed by atoms with Gasteiger partial charge in [-0.05, 0) is 88.5 Å². The van der Waals surface area contributed by atoms with Gasteiger partial charge in [-0.25, -0.2) is 17.9 Å². The lowest BCUT2D eigenvalue weighted by molar-refractivity contribution is -0.168. The van der Waals surface area contributed by atoms with Crippen molar-refractivity contribution in [3.63, 3.8) is 0 Å². The van der Waals surface area contributed by atoms with E-state index < -0.39 is 27.5 Å². The molecule has 1 heterocycles. The Kier molecular flexibility index (Phi) is 8.24. The molecule has 184 valence electrons. The number of aliphatic carboxylic acids is 1. The molecular formula is C21H23Br2N3O7S. The molecule has 0 aromatic heterocycles. The van der Waals surface area contributed by atoms with E-state index in [1.165, 1.54) is 24.4 Å². The van der Waals surface area contributed by atoms with Crippen molar-refractivity contribution in [2.45, 2.75) is 43.4 Å². The summed E-state index contributed by atoms with van der Waals surface area (Å²) in [5.74, 6) is -1.000. The number of halogens is 2. The number of sulfonamides is 1. The van der Waals surface area contributed by atoms with Crippen LogP contribution in [0.3, 0.4) is 0 Å². The van der Waals surface area contributed by atoms with E-state index in [0.717, 1.165) is 0 Å². The number of carboxylic acid groups (broad SMARTS) is 1. The molecule has 10 nitrogen and oxygen atoms in total. The first-order valence-electron chi connectivity index (χ1n) is 10.2. The lowest BCUT2D eigenvalue weighted by Gasteiger charge is -2.21. The van der Waals surface area contributed by atoms with Crippen LogP contribution in [0.5, 0.6) is 17.2 Å². The van der Waals surface area contributed by atoms with Crippen molar-refractivity contribution in [2.75, 3.05) is 6.54 Å². The smallest absolute Gasteiger partial charge is 0.366 e. The van der Waals surface area contributed by atoms with E-state index in [1.54, 1.807) is 26.0 Å². The predicted molar refractivity (Wildman–Crippen MR) is 132 cm³/mol. The minimum atomic E-state index is -3.94. The molecule has 0 amide bonds.